The molecule has 0 spiro atoms. The van der Waals surface area contributed by atoms with Crippen LogP contribution in [-0.2, 0) is 19.6 Å². The van der Waals surface area contributed by atoms with E-state index in [4.69, 9.17) is 26.0 Å². The van der Waals surface area contributed by atoms with Crippen molar-refractivity contribution in [2.45, 2.75) is 31.4 Å². The molecule has 0 unspecified atom stereocenters. The molecular weight excluding hydrogens is 345 g/mol. The van der Waals surface area contributed by atoms with Gasteiger partial charge in [-0.05, 0) is 44.3 Å². The Morgan fingerprint density at radius 2 is 2.43 bits per heavy atom. The standard InChI is InChI=1S/C15H17ClFNO4S/c1-2-22-15(19)11-5-3-4-6-14(11)23(20,21)18-13-8-7-10(17)9-12(13)16/h5,7-9,14,18H,2-4,6H2,1H3/t14-/m1/s1/i3D2,7D,8D,9D,14D/hD. The Morgan fingerprint density at radius 1 is 1.70 bits per heavy atom. The smallest absolute Gasteiger partial charge is 0.335 e. The fourth-order valence-corrected chi connectivity index (χ4v) is 3.31. The van der Waals surface area contributed by atoms with Crippen molar-refractivity contribution in [3.05, 3.63) is 40.6 Å². The maximum absolute atomic E-state index is 13.8. The first-order valence-corrected chi connectivity index (χ1v) is 8.33. The summed E-state index contributed by atoms with van der Waals surface area (Å²) in [5, 5.41) is -3.83. The number of anilines is 1. The number of hydrogen-bond acceptors (Lipinski definition) is 4. The molecule has 8 heteroatoms. The van der Waals surface area contributed by atoms with Gasteiger partial charge >= 0.3 is 5.97 Å². The van der Waals surface area contributed by atoms with Crippen molar-refractivity contribution < 1.29 is 32.0 Å². The Bertz CT molecular complexity index is 1010. The molecule has 0 bridgehead atoms. The molecule has 0 fully saturated rings. The van der Waals surface area contributed by atoms with Crippen LogP contribution in [0.2, 0.25) is 6.43 Å². The summed E-state index contributed by atoms with van der Waals surface area (Å²) in [6.07, 6.45) is -2.70. The van der Waals surface area contributed by atoms with Crippen LogP contribution in [0.15, 0.2) is 29.8 Å². The summed E-state index contributed by atoms with van der Waals surface area (Å²) in [7, 11) is -5.23. The molecule has 0 aliphatic heterocycles. The Balaban J connectivity index is 2.72. The fraction of sp³-hybridized carbons (Fsp3) is 0.400. The second-order valence-corrected chi connectivity index (χ2v) is 6.33. The van der Waals surface area contributed by atoms with E-state index < -0.39 is 85.4 Å². The van der Waals surface area contributed by atoms with Crippen molar-refractivity contribution in [1.82, 2.24) is 0 Å². The molecule has 0 heterocycles. The average Bonchev–Trinajstić information content (AvgIpc) is 2.66. The van der Waals surface area contributed by atoms with Crippen molar-refractivity contribution in [2.24, 2.45) is 0 Å². The highest BCUT2D eigenvalue weighted by atomic mass is 35.5. The van der Waals surface area contributed by atoms with Crippen LogP contribution >= 0.6 is 11.6 Å². The number of ether oxygens (including phenoxy) is 1. The summed E-state index contributed by atoms with van der Waals surface area (Å²) < 4.78 is 99.4. The Morgan fingerprint density at radius 3 is 3.13 bits per heavy atom. The van der Waals surface area contributed by atoms with E-state index in [1.165, 1.54) is 6.92 Å². The number of benzene rings is 1. The average molecular weight is 369 g/mol. The number of hydrogen-bond donors (Lipinski definition) is 1. The van der Waals surface area contributed by atoms with E-state index in [2.05, 4.69) is 0 Å². The Labute approximate surface area is 149 Å². The van der Waals surface area contributed by atoms with Gasteiger partial charge in [0.1, 0.15) is 11.0 Å². The lowest BCUT2D eigenvalue weighted by Crippen LogP contribution is -2.34. The maximum atomic E-state index is 13.8. The van der Waals surface area contributed by atoms with Crippen LogP contribution in [0.4, 0.5) is 10.1 Å². The molecular formula is C15H17ClFNO4S. The molecule has 23 heavy (non-hydrogen) atoms. The monoisotopic (exact) mass is 368 g/mol. The van der Waals surface area contributed by atoms with Gasteiger partial charge in [0, 0.05) is 2.74 Å². The van der Waals surface area contributed by atoms with Crippen LogP contribution < -0.4 is 4.72 Å². The molecule has 0 radical (unpaired) electrons. The number of allylic oxidation sites excluding steroid dienone is 1. The van der Waals surface area contributed by atoms with Gasteiger partial charge in [-0.3, -0.25) is 4.72 Å². The summed E-state index contributed by atoms with van der Waals surface area (Å²) in [6, 6.07) is -3.39. The van der Waals surface area contributed by atoms with E-state index in [0.717, 1.165) is 0 Å². The number of halogens is 2. The minimum Gasteiger partial charge on any atom is -0.463 e. The van der Waals surface area contributed by atoms with Gasteiger partial charge in [-0.2, -0.15) is 0 Å². The topological polar surface area (TPSA) is 72.5 Å². The molecule has 2 rings (SSSR count). The van der Waals surface area contributed by atoms with Gasteiger partial charge in [0.2, 0.25) is 10.0 Å². The molecule has 0 amide bonds. The van der Waals surface area contributed by atoms with Crippen LogP contribution in [0.1, 0.15) is 34.4 Å². The number of carbonyl (C=O) groups excluding carboxylic acids is 1. The van der Waals surface area contributed by atoms with E-state index >= 15 is 0 Å². The molecule has 0 saturated heterocycles. The molecule has 1 aromatic rings. The highest BCUT2D eigenvalue weighted by Crippen LogP contribution is 2.30. The Hall–Kier alpha value is -1.60. The van der Waals surface area contributed by atoms with Gasteiger partial charge in [-0.1, -0.05) is 17.7 Å². The zero-order valence-corrected chi connectivity index (χ0v) is 13.5. The highest BCUT2D eigenvalue weighted by molar-refractivity contribution is 7.93. The number of esters is 1. The zero-order valence-electron chi connectivity index (χ0n) is 18.9. The number of sulfonamides is 1. The summed E-state index contributed by atoms with van der Waals surface area (Å²) in [5.74, 6) is -2.76. The zero-order chi connectivity index (χ0) is 23.2. The SMILES string of the molecule is [2H]c1c([2H])c(N([2H])S(=O)(=O)[C@]2([2H])CCC([2H])([2H])C=C2C(=O)OCC)c(Cl)c([2H])c1F. The third kappa shape index (κ3) is 4.23. The highest BCUT2D eigenvalue weighted by Gasteiger charge is 2.35. The van der Waals surface area contributed by atoms with Crippen molar-refractivity contribution in [1.29, 1.82) is 0 Å². The molecule has 1 atom stereocenters. The predicted molar refractivity (Wildman–Crippen MR) is 86.3 cm³/mol. The molecule has 0 aromatic heterocycles. The summed E-state index contributed by atoms with van der Waals surface area (Å²) in [4.78, 5) is 12.3. The molecule has 5 nitrogen and oxygen atoms in total. The number of rotatable bonds is 5. The van der Waals surface area contributed by atoms with Gasteiger partial charge in [0.25, 0.3) is 0 Å². The Kier molecular flexibility index (Phi) is 3.28. The van der Waals surface area contributed by atoms with Crippen LogP contribution in [0.25, 0.3) is 0 Å². The van der Waals surface area contributed by atoms with Crippen molar-refractivity contribution >= 4 is 33.3 Å². The molecule has 126 valence electrons. The van der Waals surface area contributed by atoms with E-state index in [0.29, 0.717) is 6.08 Å². The predicted octanol–water partition coefficient (Wildman–Crippen LogP) is 3.26. The van der Waals surface area contributed by atoms with Crippen molar-refractivity contribution in [3.63, 3.8) is 0 Å². The van der Waals surface area contributed by atoms with Gasteiger partial charge < -0.3 is 4.74 Å². The van der Waals surface area contributed by atoms with Crippen LogP contribution in [-0.4, -0.2) is 26.2 Å². The second kappa shape index (κ2) is 7.31. The molecule has 1 aliphatic carbocycles. The van der Waals surface area contributed by atoms with Crippen LogP contribution in [0, 0.1) is 5.82 Å². The minimum atomic E-state index is -5.23. The molecule has 1 aromatic carbocycles. The van der Waals surface area contributed by atoms with E-state index in [1.807, 2.05) is 0 Å². The molecule has 1 aliphatic rings. The second-order valence-electron chi connectivity index (χ2n) is 4.32. The summed E-state index contributed by atoms with van der Waals surface area (Å²) >= 11 is 5.77. The van der Waals surface area contributed by atoms with Crippen molar-refractivity contribution in [3.8, 4) is 0 Å². The fourth-order valence-electron chi connectivity index (χ4n) is 1.82. The number of carbonyl (C=O) groups is 1. The van der Waals surface area contributed by atoms with Crippen LogP contribution in [0.3, 0.4) is 0 Å². The molecule has 1 N–H and O–H groups in total. The van der Waals surface area contributed by atoms with Gasteiger partial charge in [-0.15, -0.1) is 0 Å². The van der Waals surface area contributed by atoms with Crippen LogP contribution in [0.5, 0.6) is 0 Å². The lowest BCUT2D eigenvalue weighted by molar-refractivity contribution is -0.138. The van der Waals surface area contributed by atoms with E-state index in [9.17, 15) is 17.6 Å². The lowest BCUT2D eigenvalue weighted by Gasteiger charge is -2.24. The van der Waals surface area contributed by atoms with E-state index in [1.54, 1.807) is 0 Å². The third-order valence-electron chi connectivity index (χ3n) is 2.78. The van der Waals surface area contributed by atoms with Gasteiger partial charge in [0.15, 0.2) is 1.41 Å². The molecule has 0 saturated carbocycles. The third-order valence-corrected chi connectivity index (χ3v) is 4.52. The number of nitrogens with one attached hydrogen (secondary N) is 1. The van der Waals surface area contributed by atoms with Gasteiger partial charge in [0.05, 0.1) is 28.4 Å². The van der Waals surface area contributed by atoms with Gasteiger partial charge in [-0.25, -0.2) is 17.6 Å². The first-order valence-electron chi connectivity index (χ1n) is 9.96. The van der Waals surface area contributed by atoms with Crippen molar-refractivity contribution in [2.75, 3.05) is 11.3 Å². The quantitative estimate of drug-likeness (QED) is 0.809. The largest absolute Gasteiger partial charge is 0.463 e. The van der Waals surface area contributed by atoms with E-state index in [-0.39, 0.29) is 6.61 Å². The minimum absolute atomic E-state index is 0.190. The lowest BCUT2D eigenvalue weighted by atomic mass is 9.99. The normalized spacial score (nSPS) is 28.0. The first-order chi connectivity index (χ1) is 13.6. The first kappa shape index (κ1) is 10.3. The summed E-state index contributed by atoms with van der Waals surface area (Å²) in [5.41, 5.74) is -1.89. The summed E-state index contributed by atoms with van der Waals surface area (Å²) in [6.45, 7) is 1.23. The maximum Gasteiger partial charge on any atom is 0.335 e.